The van der Waals surface area contributed by atoms with E-state index in [0.29, 0.717) is 6.07 Å². The minimum Gasteiger partial charge on any atom is -0.329 e. The van der Waals surface area contributed by atoms with Gasteiger partial charge in [0.2, 0.25) is 5.82 Å². The summed E-state index contributed by atoms with van der Waals surface area (Å²) in [6, 6.07) is 7.75. The van der Waals surface area contributed by atoms with Gasteiger partial charge in [0, 0.05) is 29.0 Å². The van der Waals surface area contributed by atoms with Crippen LogP contribution in [0.1, 0.15) is 21.8 Å². The van der Waals surface area contributed by atoms with Crippen molar-refractivity contribution in [2.24, 2.45) is 4.36 Å². The van der Waals surface area contributed by atoms with Crippen molar-refractivity contribution in [2.75, 3.05) is 6.26 Å². The van der Waals surface area contributed by atoms with E-state index < -0.39 is 45.1 Å². The smallest absolute Gasteiger partial charge is 0.329 e. The molecule has 6 nitrogen and oxygen atoms in total. The van der Waals surface area contributed by atoms with Gasteiger partial charge in [-0.1, -0.05) is 23.4 Å². The van der Waals surface area contributed by atoms with Crippen molar-refractivity contribution in [1.29, 1.82) is 0 Å². The van der Waals surface area contributed by atoms with Crippen LogP contribution >= 0.6 is 0 Å². The molecule has 0 aliphatic carbocycles. The third-order valence-corrected chi connectivity index (χ3v) is 5.17. The molecule has 30 heavy (non-hydrogen) atoms. The van der Waals surface area contributed by atoms with E-state index in [2.05, 4.69) is 19.0 Å². The van der Waals surface area contributed by atoms with Gasteiger partial charge in [0.05, 0.1) is 15.5 Å². The molecular formula is C18H12F5N3O3S. The third-order valence-electron chi connectivity index (χ3n) is 3.77. The molecule has 0 saturated heterocycles. The number of hydrogen-bond acceptors (Lipinski definition) is 5. The number of benzene rings is 2. The van der Waals surface area contributed by atoms with Gasteiger partial charge in [-0.15, -0.1) is 0 Å². The summed E-state index contributed by atoms with van der Waals surface area (Å²) in [6.07, 6.45) is -3.63. The lowest BCUT2D eigenvalue weighted by atomic mass is 10.1. The lowest BCUT2D eigenvalue weighted by molar-refractivity contribution is -0.159. The van der Waals surface area contributed by atoms with E-state index in [1.54, 1.807) is 0 Å². The Hall–Kier alpha value is -3.15. The van der Waals surface area contributed by atoms with Crippen LogP contribution in [0, 0.1) is 11.6 Å². The first-order chi connectivity index (χ1) is 13.9. The normalized spacial score (nSPS) is 13.7. The predicted octanol–water partition coefficient (Wildman–Crippen LogP) is 4.47. The first-order valence-electron chi connectivity index (χ1n) is 8.14. The number of nitrogens with zero attached hydrogens (tertiary/aromatic N) is 3. The van der Waals surface area contributed by atoms with Crippen LogP contribution in [-0.2, 0) is 21.7 Å². The van der Waals surface area contributed by atoms with Crippen LogP contribution in [0.5, 0.6) is 0 Å². The van der Waals surface area contributed by atoms with Gasteiger partial charge in [-0.25, -0.2) is 13.0 Å². The molecule has 1 unspecified atom stereocenters. The lowest BCUT2D eigenvalue weighted by Gasteiger charge is -2.06. The topological polar surface area (TPSA) is 85.4 Å². The fourth-order valence-electron chi connectivity index (χ4n) is 2.41. The standard InChI is InChI=1S/C18H12F5N3O3S/c1-30(28,9-12-6-7-13(19)8-14(12)20)26-16(27)11-4-2-10(3-5-11)15-24-17(29-25-15)18(21,22)23/h2-8H,9H2,1H3. The van der Waals surface area contributed by atoms with Crippen LogP contribution in [0.2, 0.25) is 0 Å². The van der Waals surface area contributed by atoms with Crippen LogP contribution in [-0.4, -0.2) is 26.5 Å². The summed E-state index contributed by atoms with van der Waals surface area (Å²) in [5, 5.41) is 3.23. The van der Waals surface area contributed by atoms with E-state index in [1.165, 1.54) is 24.3 Å². The average molecular weight is 445 g/mol. The van der Waals surface area contributed by atoms with Gasteiger partial charge in [-0.3, -0.25) is 4.79 Å². The number of amides is 1. The Balaban J connectivity index is 1.79. The van der Waals surface area contributed by atoms with E-state index in [1.807, 2.05) is 0 Å². The summed E-state index contributed by atoms with van der Waals surface area (Å²) in [7, 11) is -3.19. The van der Waals surface area contributed by atoms with Crippen molar-refractivity contribution in [3.63, 3.8) is 0 Å². The zero-order chi connectivity index (χ0) is 22.1. The van der Waals surface area contributed by atoms with Gasteiger partial charge in [-0.2, -0.15) is 22.5 Å². The molecule has 3 rings (SSSR count). The summed E-state index contributed by atoms with van der Waals surface area (Å²) in [4.78, 5) is 15.5. The Bertz CT molecular complexity index is 1210. The highest BCUT2D eigenvalue weighted by atomic mass is 32.2. The minimum atomic E-state index is -4.79. The van der Waals surface area contributed by atoms with E-state index in [9.17, 15) is 31.0 Å². The summed E-state index contributed by atoms with van der Waals surface area (Å²) in [6.45, 7) is 0. The highest BCUT2D eigenvalue weighted by Crippen LogP contribution is 2.29. The zero-order valence-electron chi connectivity index (χ0n) is 15.1. The molecule has 0 saturated carbocycles. The molecule has 0 aliphatic heterocycles. The molecule has 0 N–H and O–H groups in total. The van der Waals surface area contributed by atoms with E-state index >= 15 is 0 Å². The van der Waals surface area contributed by atoms with Crippen LogP contribution in [0.25, 0.3) is 11.4 Å². The summed E-state index contributed by atoms with van der Waals surface area (Å²) in [5.74, 6) is -4.83. The predicted molar refractivity (Wildman–Crippen MR) is 95.6 cm³/mol. The Kier molecular flexibility index (Phi) is 5.70. The molecule has 0 radical (unpaired) electrons. The fraction of sp³-hybridized carbons (Fsp3) is 0.167. The third kappa shape index (κ3) is 5.06. The van der Waals surface area contributed by atoms with Crippen molar-refractivity contribution >= 4 is 15.6 Å². The average Bonchev–Trinajstić information content (AvgIpc) is 3.14. The Morgan fingerprint density at radius 1 is 1.13 bits per heavy atom. The second kappa shape index (κ2) is 7.94. The maximum Gasteiger partial charge on any atom is 0.471 e. The molecule has 1 aromatic heterocycles. The molecule has 1 atom stereocenters. The van der Waals surface area contributed by atoms with Gasteiger partial charge in [-0.05, 0) is 18.2 Å². The molecular weight excluding hydrogens is 433 g/mol. The summed E-state index contributed by atoms with van der Waals surface area (Å²) >= 11 is 0. The highest BCUT2D eigenvalue weighted by molar-refractivity contribution is 7.92. The molecule has 0 aliphatic rings. The fourth-order valence-corrected chi connectivity index (χ4v) is 3.74. The van der Waals surface area contributed by atoms with Crippen molar-refractivity contribution in [3.8, 4) is 11.4 Å². The Labute approximate surface area is 166 Å². The second-order valence-corrected chi connectivity index (χ2v) is 8.62. The first-order valence-corrected chi connectivity index (χ1v) is 10.2. The van der Waals surface area contributed by atoms with Crippen LogP contribution in [0.4, 0.5) is 22.0 Å². The summed E-state index contributed by atoms with van der Waals surface area (Å²) < 4.78 is 84.6. The van der Waals surface area contributed by atoms with Crippen molar-refractivity contribution in [2.45, 2.75) is 11.9 Å². The molecule has 12 heteroatoms. The minimum absolute atomic E-state index is 0.00700. The van der Waals surface area contributed by atoms with E-state index in [4.69, 9.17) is 0 Å². The van der Waals surface area contributed by atoms with E-state index in [0.717, 1.165) is 18.4 Å². The number of halogens is 5. The zero-order valence-corrected chi connectivity index (χ0v) is 15.9. The van der Waals surface area contributed by atoms with Gasteiger partial charge in [0.25, 0.3) is 5.91 Å². The molecule has 3 aromatic rings. The molecule has 158 valence electrons. The van der Waals surface area contributed by atoms with Crippen molar-refractivity contribution in [3.05, 3.63) is 71.1 Å². The van der Waals surface area contributed by atoms with Crippen molar-refractivity contribution in [1.82, 2.24) is 10.1 Å². The number of aromatic nitrogens is 2. The van der Waals surface area contributed by atoms with Gasteiger partial charge >= 0.3 is 12.1 Å². The molecule has 0 spiro atoms. The summed E-state index contributed by atoms with van der Waals surface area (Å²) in [5.41, 5.74) is 0.0808. The second-order valence-electron chi connectivity index (χ2n) is 6.23. The van der Waals surface area contributed by atoms with Gasteiger partial charge < -0.3 is 4.52 Å². The van der Waals surface area contributed by atoms with Crippen LogP contribution in [0.3, 0.4) is 0 Å². The SMILES string of the molecule is CS(=O)(Cc1ccc(F)cc1F)=NC(=O)c1ccc(-c2noc(C(F)(F)F)n2)cc1. The largest absolute Gasteiger partial charge is 0.471 e. The maximum atomic E-state index is 13.7. The van der Waals surface area contributed by atoms with Gasteiger partial charge in [0.1, 0.15) is 11.6 Å². The Morgan fingerprint density at radius 2 is 1.80 bits per heavy atom. The first kappa shape index (κ1) is 21.6. The lowest BCUT2D eigenvalue weighted by Crippen LogP contribution is -2.07. The van der Waals surface area contributed by atoms with E-state index in [-0.39, 0.29) is 22.5 Å². The van der Waals surface area contributed by atoms with Crippen LogP contribution < -0.4 is 0 Å². The number of rotatable bonds is 4. The van der Waals surface area contributed by atoms with Crippen molar-refractivity contribution < 1.29 is 35.5 Å². The number of carbonyl (C=O) groups excluding carboxylic acids is 1. The Morgan fingerprint density at radius 3 is 2.37 bits per heavy atom. The highest BCUT2D eigenvalue weighted by Gasteiger charge is 2.38. The molecule has 2 aromatic carbocycles. The molecule has 0 bridgehead atoms. The quantitative estimate of drug-likeness (QED) is 0.553. The van der Waals surface area contributed by atoms with Gasteiger partial charge in [0.15, 0.2) is 0 Å². The molecule has 1 heterocycles. The number of alkyl halides is 3. The maximum absolute atomic E-state index is 13.7. The van der Waals surface area contributed by atoms with Crippen LogP contribution in [0.15, 0.2) is 51.4 Å². The monoisotopic (exact) mass is 445 g/mol. The number of carbonyl (C=O) groups is 1. The molecule has 1 amide bonds. The molecule has 0 fully saturated rings. The number of hydrogen-bond donors (Lipinski definition) is 0.